The molecule has 0 aromatic carbocycles. The first-order chi connectivity index (χ1) is 44.9. The van der Waals surface area contributed by atoms with Crippen molar-refractivity contribution in [1.82, 2.24) is 0 Å². The molecule has 2 unspecified atom stereocenters. The summed E-state index contributed by atoms with van der Waals surface area (Å²) in [6.07, 6.45) is 52.6. The molecule has 0 radical (unpaired) electrons. The molecule has 0 aromatic rings. The number of unbranched alkanes of at least 4 members (excludes halogenated alkanes) is 43. The van der Waals surface area contributed by atoms with Gasteiger partial charge < -0.3 is 33.8 Å². The molecular weight excluding hydrogens is 1220 g/mol. The van der Waals surface area contributed by atoms with Crippen molar-refractivity contribution in [3.05, 3.63) is 0 Å². The molecule has 0 saturated carbocycles. The number of carbonyl (C=O) groups is 4. The third-order valence-electron chi connectivity index (χ3n) is 17.2. The van der Waals surface area contributed by atoms with E-state index >= 15 is 0 Å². The van der Waals surface area contributed by atoms with Crippen LogP contribution in [0.25, 0.3) is 0 Å². The summed E-state index contributed by atoms with van der Waals surface area (Å²) in [5, 5.41) is 10.6. The Labute approximate surface area is 568 Å². The third kappa shape index (κ3) is 68.4. The smallest absolute Gasteiger partial charge is 0.462 e. The number of carbonyl (C=O) groups excluding carboxylic acids is 4. The predicted octanol–water partition coefficient (Wildman–Crippen LogP) is 21.6. The van der Waals surface area contributed by atoms with Gasteiger partial charge in [0.25, 0.3) is 0 Å². The molecule has 0 spiro atoms. The molecule has 0 bridgehead atoms. The minimum absolute atomic E-state index is 0.106. The standard InChI is InChI=1S/C74H144O17P2/c1-7-9-11-13-15-17-19-21-22-23-27-34-40-46-52-58-73(78)90-69(62-85-72(77)57-51-45-39-33-28-24-25-30-36-42-48-54-66(3)4)64-88-92(80,81)86-60-68(75)61-87-93(82,83)89-65-70(91-74(79)59-53-47-41-35-29-31-37-43-49-55-67(5)6)63-84-71(76)56-50-44-38-32-26-20-18-16-14-12-10-8-2/h66-70,75H,7-65H2,1-6H3,(H,80,81)(H,82,83)/t68-,69-,70-/m1/s1. The van der Waals surface area contributed by atoms with E-state index in [1.165, 1.54) is 199 Å². The van der Waals surface area contributed by atoms with E-state index in [0.29, 0.717) is 25.7 Å². The van der Waals surface area contributed by atoms with Crippen LogP contribution in [0.5, 0.6) is 0 Å². The fourth-order valence-corrected chi connectivity index (χ4v) is 12.9. The van der Waals surface area contributed by atoms with Gasteiger partial charge in [-0.05, 0) is 37.5 Å². The number of hydrogen-bond donors (Lipinski definition) is 3. The average Bonchev–Trinajstić information content (AvgIpc) is 2.20. The Morgan fingerprint density at radius 3 is 0.731 bits per heavy atom. The summed E-state index contributed by atoms with van der Waals surface area (Å²) in [6, 6.07) is 0. The maximum Gasteiger partial charge on any atom is 0.472 e. The van der Waals surface area contributed by atoms with Gasteiger partial charge in [0.2, 0.25) is 0 Å². The summed E-state index contributed by atoms with van der Waals surface area (Å²) in [5.41, 5.74) is 0. The van der Waals surface area contributed by atoms with Gasteiger partial charge in [-0.25, -0.2) is 9.13 Å². The first-order valence-electron chi connectivity index (χ1n) is 38.5. The Morgan fingerprint density at radius 2 is 0.495 bits per heavy atom. The van der Waals surface area contributed by atoms with Gasteiger partial charge in [0, 0.05) is 25.7 Å². The van der Waals surface area contributed by atoms with Crippen molar-refractivity contribution in [2.75, 3.05) is 39.6 Å². The van der Waals surface area contributed by atoms with Gasteiger partial charge in [0.15, 0.2) is 12.2 Å². The van der Waals surface area contributed by atoms with E-state index in [4.69, 9.17) is 37.0 Å². The molecular formula is C74H144O17P2. The van der Waals surface area contributed by atoms with Crippen LogP contribution in [0, 0.1) is 11.8 Å². The lowest BCUT2D eigenvalue weighted by atomic mass is 10.0. The van der Waals surface area contributed by atoms with E-state index in [9.17, 15) is 43.2 Å². The fraction of sp³-hybridized carbons (Fsp3) is 0.946. The van der Waals surface area contributed by atoms with E-state index < -0.39 is 97.5 Å². The van der Waals surface area contributed by atoms with Crippen molar-refractivity contribution in [3.63, 3.8) is 0 Å². The lowest BCUT2D eigenvalue weighted by molar-refractivity contribution is -0.161. The van der Waals surface area contributed by atoms with Crippen molar-refractivity contribution >= 4 is 39.5 Å². The maximum absolute atomic E-state index is 13.1. The minimum atomic E-state index is -4.95. The summed E-state index contributed by atoms with van der Waals surface area (Å²) < 4.78 is 68.5. The quantitative estimate of drug-likeness (QED) is 0.0222. The zero-order valence-corrected chi connectivity index (χ0v) is 62.3. The van der Waals surface area contributed by atoms with Gasteiger partial charge in [0.05, 0.1) is 26.4 Å². The van der Waals surface area contributed by atoms with Crippen LogP contribution in [0.1, 0.15) is 382 Å². The van der Waals surface area contributed by atoms with Gasteiger partial charge >= 0.3 is 39.5 Å². The monoisotopic (exact) mass is 1370 g/mol. The van der Waals surface area contributed by atoms with Gasteiger partial charge in [-0.15, -0.1) is 0 Å². The predicted molar refractivity (Wildman–Crippen MR) is 377 cm³/mol. The first-order valence-corrected chi connectivity index (χ1v) is 41.5. The van der Waals surface area contributed by atoms with Crippen LogP contribution in [-0.4, -0.2) is 96.7 Å². The van der Waals surface area contributed by atoms with Gasteiger partial charge in [-0.1, -0.05) is 330 Å². The number of rotatable bonds is 73. The van der Waals surface area contributed by atoms with Crippen molar-refractivity contribution in [1.29, 1.82) is 0 Å². The van der Waals surface area contributed by atoms with Crippen molar-refractivity contribution in [3.8, 4) is 0 Å². The lowest BCUT2D eigenvalue weighted by Gasteiger charge is -2.21. The number of esters is 4. The van der Waals surface area contributed by atoms with Crippen LogP contribution in [0.2, 0.25) is 0 Å². The number of hydrogen-bond acceptors (Lipinski definition) is 15. The zero-order chi connectivity index (χ0) is 68.6. The van der Waals surface area contributed by atoms with Crippen LogP contribution in [0.3, 0.4) is 0 Å². The van der Waals surface area contributed by atoms with Crippen LogP contribution in [0.15, 0.2) is 0 Å². The number of ether oxygens (including phenoxy) is 4. The fourth-order valence-electron chi connectivity index (χ4n) is 11.3. The molecule has 93 heavy (non-hydrogen) atoms. The lowest BCUT2D eigenvalue weighted by Crippen LogP contribution is -2.30. The second-order valence-corrected chi connectivity index (χ2v) is 30.5. The summed E-state index contributed by atoms with van der Waals surface area (Å²) in [7, 11) is -9.91. The summed E-state index contributed by atoms with van der Waals surface area (Å²) >= 11 is 0. The topological polar surface area (TPSA) is 237 Å². The van der Waals surface area contributed by atoms with Crippen molar-refractivity contribution in [2.24, 2.45) is 11.8 Å². The molecule has 3 N–H and O–H groups in total. The zero-order valence-electron chi connectivity index (χ0n) is 60.6. The summed E-state index contributed by atoms with van der Waals surface area (Å²) in [5.74, 6) is -0.609. The molecule has 0 amide bonds. The number of phosphoric ester groups is 2. The highest BCUT2D eigenvalue weighted by Gasteiger charge is 2.30. The van der Waals surface area contributed by atoms with Crippen LogP contribution < -0.4 is 0 Å². The van der Waals surface area contributed by atoms with Crippen molar-refractivity contribution < 1.29 is 80.2 Å². The number of aliphatic hydroxyl groups excluding tert-OH is 1. The maximum atomic E-state index is 13.1. The molecule has 0 aromatic heterocycles. The van der Waals surface area contributed by atoms with Crippen LogP contribution >= 0.6 is 15.6 Å². The Morgan fingerprint density at radius 1 is 0.290 bits per heavy atom. The molecule has 0 heterocycles. The molecule has 0 rings (SSSR count). The molecule has 0 aliphatic heterocycles. The highest BCUT2D eigenvalue weighted by atomic mass is 31.2. The van der Waals surface area contributed by atoms with Crippen LogP contribution in [-0.2, 0) is 65.4 Å². The highest BCUT2D eigenvalue weighted by Crippen LogP contribution is 2.45. The van der Waals surface area contributed by atoms with E-state index in [-0.39, 0.29) is 25.7 Å². The Balaban J connectivity index is 5.26. The van der Waals surface area contributed by atoms with Gasteiger partial charge in [-0.3, -0.25) is 37.3 Å². The average molecular weight is 1370 g/mol. The molecule has 0 saturated heterocycles. The van der Waals surface area contributed by atoms with E-state index in [0.717, 1.165) is 102 Å². The third-order valence-corrected chi connectivity index (χ3v) is 19.1. The molecule has 5 atom stereocenters. The molecule has 552 valence electrons. The highest BCUT2D eigenvalue weighted by molar-refractivity contribution is 7.47. The van der Waals surface area contributed by atoms with Gasteiger partial charge in [-0.2, -0.15) is 0 Å². The first kappa shape index (κ1) is 91.1. The Hall–Kier alpha value is -1.94. The second-order valence-electron chi connectivity index (χ2n) is 27.6. The number of aliphatic hydroxyl groups is 1. The van der Waals surface area contributed by atoms with E-state index in [1.807, 2.05) is 0 Å². The number of phosphoric acid groups is 2. The summed E-state index contributed by atoms with van der Waals surface area (Å²) in [4.78, 5) is 72.8. The Bertz CT molecular complexity index is 1800. The molecule has 0 aliphatic carbocycles. The molecule has 19 heteroatoms. The minimum Gasteiger partial charge on any atom is -0.462 e. The molecule has 0 fully saturated rings. The normalized spacial score (nSPS) is 14.1. The van der Waals surface area contributed by atoms with Gasteiger partial charge in [0.1, 0.15) is 19.3 Å². The van der Waals surface area contributed by atoms with E-state index in [1.54, 1.807) is 0 Å². The molecule has 17 nitrogen and oxygen atoms in total. The van der Waals surface area contributed by atoms with Crippen LogP contribution in [0.4, 0.5) is 0 Å². The molecule has 0 aliphatic rings. The van der Waals surface area contributed by atoms with Crippen molar-refractivity contribution in [2.45, 2.75) is 400 Å². The second kappa shape index (κ2) is 66.0. The SMILES string of the molecule is CCCCCCCCCCCCCCCCCC(=O)O[C@H](COC(=O)CCCCCCCCCCCCCC(C)C)COP(=O)(O)OC[C@@H](O)COP(=O)(O)OC[C@@H](COC(=O)CCCCCCCCCCCCCC)OC(=O)CCCCCCCCCCCC(C)C. The largest absolute Gasteiger partial charge is 0.472 e. The Kier molecular flexibility index (Phi) is 64.6. The van der Waals surface area contributed by atoms with E-state index in [2.05, 4.69) is 41.5 Å². The summed E-state index contributed by atoms with van der Waals surface area (Å²) in [6.45, 7) is 9.57.